The number of benzene rings is 1. The lowest BCUT2D eigenvalue weighted by atomic mass is 10.1. The third-order valence-electron chi connectivity index (χ3n) is 2.65. The molecule has 1 aromatic heterocycles. The minimum absolute atomic E-state index is 0.142. The average molecular weight is 223 g/mol. The second kappa shape index (κ2) is 3.45. The zero-order valence-corrected chi connectivity index (χ0v) is 9.24. The van der Waals surface area contributed by atoms with Gasteiger partial charge in [-0.3, -0.25) is 0 Å². The van der Waals surface area contributed by atoms with Gasteiger partial charge in [0.25, 0.3) is 0 Å². The second-order valence-electron chi connectivity index (χ2n) is 4.38. The zero-order valence-electron chi connectivity index (χ0n) is 9.24. The zero-order chi connectivity index (χ0) is 11.9. The van der Waals surface area contributed by atoms with Crippen LogP contribution >= 0.6 is 0 Å². The van der Waals surface area contributed by atoms with Crippen LogP contribution in [0.5, 0.6) is 0 Å². The number of halogens is 1. The summed E-state index contributed by atoms with van der Waals surface area (Å²) in [6.45, 7) is 3.41. The summed E-state index contributed by atoms with van der Waals surface area (Å²) in [6.07, 6.45) is 0. The molecule has 0 unspecified atom stereocenters. The predicted octanol–water partition coefficient (Wildman–Crippen LogP) is 1.48. The summed E-state index contributed by atoms with van der Waals surface area (Å²) in [6, 6.07) is 4.63. The van der Waals surface area contributed by atoms with Crippen LogP contribution in [-0.4, -0.2) is 21.3 Å². The van der Waals surface area contributed by atoms with E-state index in [1.54, 1.807) is 26.0 Å². The Hall–Kier alpha value is -1.62. The molecule has 86 valence electrons. The molecule has 0 amide bonds. The van der Waals surface area contributed by atoms with E-state index >= 15 is 0 Å². The number of hydrogen-bond acceptors (Lipinski definition) is 3. The summed E-state index contributed by atoms with van der Waals surface area (Å²) in [4.78, 5) is 4.08. The molecule has 1 aromatic carbocycles. The number of para-hydroxylation sites is 1. The topological polar surface area (TPSA) is 64.1 Å². The lowest BCUT2D eigenvalue weighted by Gasteiger charge is -2.25. The van der Waals surface area contributed by atoms with Gasteiger partial charge >= 0.3 is 0 Å². The van der Waals surface area contributed by atoms with Crippen molar-refractivity contribution >= 4 is 17.0 Å². The molecule has 0 saturated heterocycles. The second-order valence-corrected chi connectivity index (χ2v) is 4.38. The molecule has 0 bridgehead atoms. The maximum atomic E-state index is 13.7. The number of aliphatic hydroxyl groups is 1. The minimum atomic E-state index is -0.680. The Bertz CT molecular complexity index is 533. The number of fused-ring (bicyclic) bond motifs is 1. The number of aromatic nitrogens is 2. The van der Waals surface area contributed by atoms with E-state index in [1.807, 2.05) is 0 Å². The van der Waals surface area contributed by atoms with Crippen molar-refractivity contribution in [1.82, 2.24) is 9.55 Å². The maximum Gasteiger partial charge on any atom is 0.201 e. The Morgan fingerprint density at radius 2 is 2.19 bits per heavy atom. The molecular formula is C11H14FN3O. The van der Waals surface area contributed by atoms with Crippen molar-refractivity contribution in [2.75, 3.05) is 12.3 Å². The van der Waals surface area contributed by atoms with Crippen LogP contribution in [0, 0.1) is 5.82 Å². The van der Waals surface area contributed by atoms with Crippen molar-refractivity contribution in [3.63, 3.8) is 0 Å². The molecule has 0 aliphatic rings. The lowest BCUT2D eigenvalue weighted by molar-refractivity contribution is 0.169. The summed E-state index contributed by atoms with van der Waals surface area (Å²) in [7, 11) is 0. The smallest absolute Gasteiger partial charge is 0.201 e. The number of imidazole rings is 1. The Morgan fingerprint density at radius 3 is 2.81 bits per heavy atom. The summed E-state index contributed by atoms with van der Waals surface area (Å²) in [5.41, 5.74) is 5.91. The van der Waals surface area contributed by atoms with E-state index in [1.165, 1.54) is 10.6 Å². The van der Waals surface area contributed by atoms with E-state index in [0.717, 1.165) is 0 Å². The average Bonchev–Trinajstić information content (AvgIpc) is 2.56. The first kappa shape index (κ1) is 10.9. The molecule has 16 heavy (non-hydrogen) atoms. The Morgan fingerprint density at radius 1 is 1.50 bits per heavy atom. The van der Waals surface area contributed by atoms with Crippen LogP contribution in [0.25, 0.3) is 11.0 Å². The van der Waals surface area contributed by atoms with Gasteiger partial charge in [0, 0.05) is 0 Å². The van der Waals surface area contributed by atoms with Crippen molar-refractivity contribution in [3.8, 4) is 0 Å². The number of rotatable bonds is 2. The molecule has 5 heteroatoms. The van der Waals surface area contributed by atoms with Gasteiger partial charge in [0.15, 0.2) is 0 Å². The molecule has 0 fully saturated rings. The van der Waals surface area contributed by atoms with E-state index in [9.17, 15) is 9.50 Å². The number of nitrogens with two attached hydrogens (primary N) is 1. The highest BCUT2D eigenvalue weighted by Crippen LogP contribution is 2.28. The number of nitrogens with zero attached hydrogens (tertiary/aromatic N) is 2. The molecule has 0 atom stereocenters. The highest BCUT2D eigenvalue weighted by Gasteiger charge is 2.25. The SMILES string of the molecule is CC(C)(CO)n1c(N)nc2cccc(F)c21. The maximum absolute atomic E-state index is 13.7. The van der Waals surface area contributed by atoms with Gasteiger partial charge in [-0.1, -0.05) is 6.07 Å². The summed E-state index contributed by atoms with van der Waals surface area (Å²) < 4.78 is 15.3. The van der Waals surface area contributed by atoms with Gasteiger partial charge in [0.1, 0.15) is 11.3 Å². The van der Waals surface area contributed by atoms with E-state index in [-0.39, 0.29) is 18.4 Å². The van der Waals surface area contributed by atoms with Crippen LogP contribution in [0.2, 0.25) is 0 Å². The van der Waals surface area contributed by atoms with Crippen LogP contribution in [0.4, 0.5) is 10.3 Å². The molecule has 2 rings (SSSR count). The van der Waals surface area contributed by atoms with E-state index < -0.39 is 5.54 Å². The van der Waals surface area contributed by atoms with Crippen LogP contribution in [0.15, 0.2) is 18.2 Å². The fourth-order valence-electron chi connectivity index (χ4n) is 1.79. The molecular weight excluding hydrogens is 209 g/mol. The van der Waals surface area contributed by atoms with Crippen LogP contribution in [0.1, 0.15) is 13.8 Å². The molecule has 4 nitrogen and oxygen atoms in total. The molecule has 0 radical (unpaired) electrons. The number of anilines is 1. The number of nitrogen functional groups attached to an aromatic ring is 1. The van der Waals surface area contributed by atoms with Gasteiger partial charge in [0.05, 0.1) is 17.7 Å². The van der Waals surface area contributed by atoms with Crippen LogP contribution < -0.4 is 5.73 Å². The molecule has 1 heterocycles. The Labute approximate surface area is 92.5 Å². The quantitative estimate of drug-likeness (QED) is 0.810. The minimum Gasteiger partial charge on any atom is -0.394 e. The monoisotopic (exact) mass is 223 g/mol. The van der Waals surface area contributed by atoms with Crippen LogP contribution in [-0.2, 0) is 5.54 Å². The fraction of sp³-hybridized carbons (Fsp3) is 0.364. The molecule has 0 aliphatic heterocycles. The summed E-state index contributed by atoms with van der Waals surface area (Å²) in [5, 5.41) is 9.31. The van der Waals surface area contributed by atoms with Gasteiger partial charge in [-0.05, 0) is 26.0 Å². The van der Waals surface area contributed by atoms with Crippen molar-refractivity contribution in [1.29, 1.82) is 0 Å². The van der Waals surface area contributed by atoms with Crippen molar-refractivity contribution < 1.29 is 9.50 Å². The van der Waals surface area contributed by atoms with Gasteiger partial charge in [-0.25, -0.2) is 9.37 Å². The first-order valence-corrected chi connectivity index (χ1v) is 5.01. The highest BCUT2D eigenvalue weighted by atomic mass is 19.1. The van der Waals surface area contributed by atoms with Gasteiger partial charge < -0.3 is 15.4 Å². The fourth-order valence-corrected chi connectivity index (χ4v) is 1.79. The van der Waals surface area contributed by atoms with Crippen molar-refractivity contribution in [2.45, 2.75) is 19.4 Å². The Balaban J connectivity index is 2.83. The summed E-state index contributed by atoms with van der Waals surface area (Å²) >= 11 is 0. The van der Waals surface area contributed by atoms with E-state index in [4.69, 9.17) is 5.73 Å². The molecule has 0 saturated carbocycles. The van der Waals surface area contributed by atoms with E-state index in [0.29, 0.717) is 11.0 Å². The van der Waals surface area contributed by atoms with Crippen LogP contribution in [0.3, 0.4) is 0 Å². The number of aliphatic hydroxyl groups excluding tert-OH is 1. The molecule has 2 aromatic rings. The molecule has 0 aliphatic carbocycles. The first-order chi connectivity index (χ1) is 7.47. The van der Waals surface area contributed by atoms with Gasteiger partial charge in [-0.2, -0.15) is 0 Å². The first-order valence-electron chi connectivity index (χ1n) is 5.01. The third-order valence-corrected chi connectivity index (χ3v) is 2.65. The Kier molecular flexibility index (Phi) is 2.35. The third kappa shape index (κ3) is 1.44. The lowest BCUT2D eigenvalue weighted by Crippen LogP contribution is -2.31. The van der Waals surface area contributed by atoms with E-state index in [2.05, 4.69) is 4.98 Å². The largest absolute Gasteiger partial charge is 0.394 e. The molecule has 3 N–H and O–H groups in total. The standard InChI is InChI=1S/C11H14FN3O/c1-11(2,6-16)15-9-7(12)4-3-5-8(9)14-10(15)13/h3-5,16H,6H2,1-2H3,(H2,13,14). The van der Waals surface area contributed by atoms with Crippen molar-refractivity contribution in [2.24, 2.45) is 0 Å². The summed E-state index contributed by atoms with van der Waals surface area (Å²) in [5.74, 6) is -0.178. The molecule has 0 spiro atoms. The highest BCUT2D eigenvalue weighted by molar-refractivity contribution is 5.79. The number of hydrogen-bond donors (Lipinski definition) is 2. The van der Waals surface area contributed by atoms with Gasteiger partial charge in [0.2, 0.25) is 5.95 Å². The van der Waals surface area contributed by atoms with Crippen molar-refractivity contribution in [3.05, 3.63) is 24.0 Å². The predicted molar refractivity (Wildman–Crippen MR) is 60.5 cm³/mol. The van der Waals surface area contributed by atoms with Gasteiger partial charge in [-0.15, -0.1) is 0 Å². The normalized spacial score (nSPS) is 12.2.